The van der Waals surface area contributed by atoms with Gasteiger partial charge in [0.1, 0.15) is 22.4 Å². The van der Waals surface area contributed by atoms with Crippen molar-refractivity contribution in [3.63, 3.8) is 0 Å². The van der Waals surface area contributed by atoms with E-state index in [9.17, 15) is 4.79 Å². The van der Waals surface area contributed by atoms with E-state index in [1.54, 1.807) is 11.9 Å². The third kappa shape index (κ3) is 3.06. The fourth-order valence-electron chi connectivity index (χ4n) is 0.977. The lowest BCUT2D eigenvalue weighted by molar-refractivity contribution is -0.127. The number of nitrogen functional groups attached to an aromatic ring is 1. The minimum absolute atomic E-state index is 0.00779. The van der Waals surface area contributed by atoms with Gasteiger partial charge in [-0.25, -0.2) is 9.97 Å². The van der Waals surface area contributed by atoms with Crippen LogP contribution in [0.25, 0.3) is 0 Å². The van der Waals surface area contributed by atoms with Gasteiger partial charge in [-0.05, 0) is 22.9 Å². The Hall–Kier alpha value is -1.37. The van der Waals surface area contributed by atoms with Gasteiger partial charge in [0.15, 0.2) is 0 Å². The third-order valence-corrected chi connectivity index (χ3v) is 2.91. The van der Waals surface area contributed by atoms with Gasteiger partial charge in [-0.15, -0.1) is 0 Å². The monoisotopic (exact) mass is 287 g/mol. The average molecular weight is 288 g/mol. The van der Waals surface area contributed by atoms with Crippen LogP contribution in [0.5, 0.6) is 0 Å². The molecule has 0 bridgehead atoms. The molecule has 6 nitrogen and oxygen atoms in total. The highest BCUT2D eigenvalue weighted by atomic mass is 79.9. The van der Waals surface area contributed by atoms with Crippen LogP contribution in [0.4, 0.5) is 11.6 Å². The first-order valence-corrected chi connectivity index (χ1v) is 5.59. The lowest BCUT2D eigenvalue weighted by Gasteiger charge is -2.15. The van der Waals surface area contributed by atoms with Crippen LogP contribution >= 0.6 is 15.9 Å². The third-order valence-electron chi connectivity index (χ3n) is 2.12. The quantitative estimate of drug-likeness (QED) is 0.852. The first-order valence-electron chi connectivity index (χ1n) is 4.80. The largest absolute Gasteiger partial charge is 0.383 e. The molecule has 1 rings (SSSR count). The predicted molar refractivity (Wildman–Crippen MR) is 65.9 cm³/mol. The van der Waals surface area contributed by atoms with Crippen molar-refractivity contribution in [1.82, 2.24) is 14.9 Å². The van der Waals surface area contributed by atoms with Gasteiger partial charge < -0.3 is 16.0 Å². The summed E-state index contributed by atoms with van der Waals surface area (Å²) in [5.74, 6) is 0.853. The number of nitrogens with two attached hydrogens (primary N) is 1. The zero-order chi connectivity index (χ0) is 12.1. The molecule has 0 atom stereocenters. The summed E-state index contributed by atoms with van der Waals surface area (Å²) in [5.41, 5.74) is 5.58. The molecule has 0 unspecified atom stereocenters. The molecule has 7 heteroatoms. The number of halogens is 1. The van der Waals surface area contributed by atoms with Crippen molar-refractivity contribution >= 4 is 33.5 Å². The number of aromatic nitrogens is 2. The van der Waals surface area contributed by atoms with E-state index in [0.29, 0.717) is 22.7 Å². The van der Waals surface area contributed by atoms with Crippen molar-refractivity contribution in [2.45, 2.75) is 6.92 Å². The zero-order valence-electron chi connectivity index (χ0n) is 9.20. The standard InChI is InChI=1S/C9H14BrN5O/c1-3-15(2)6(16)4-12-9-7(10)8(11)13-5-14-9/h5H,3-4H2,1-2H3,(H3,11,12,13,14). The Bertz CT molecular complexity index is 384. The Morgan fingerprint density at radius 2 is 2.31 bits per heavy atom. The number of hydrogen-bond donors (Lipinski definition) is 2. The van der Waals surface area contributed by atoms with Crippen molar-refractivity contribution in [1.29, 1.82) is 0 Å². The van der Waals surface area contributed by atoms with Gasteiger partial charge in [0.25, 0.3) is 0 Å². The summed E-state index contributed by atoms with van der Waals surface area (Å²) in [6.45, 7) is 2.77. The number of nitrogens with zero attached hydrogens (tertiary/aromatic N) is 3. The minimum atomic E-state index is -0.00779. The number of hydrogen-bond acceptors (Lipinski definition) is 5. The van der Waals surface area contributed by atoms with Gasteiger partial charge in [0, 0.05) is 13.6 Å². The lowest BCUT2D eigenvalue weighted by atomic mass is 10.4. The Morgan fingerprint density at radius 1 is 1.62 bits per heavy atom. The first kappa shape index (κ1) is 12.7. The molecule has 1 aromatic rings. The van der Waals surface area contributed by atoms with Gasteiger partial charge in [-0.3, -0.25) is 4.79 Å². The van der Waals surface area contributed by atoms with Crippen LogP contribution in [0.2, 0.25) is 0 Å². The molecule has 1 amide bonds. The smallest absolute Gasteiger partial charge is 0.241 e. The fourth-order valence-corrected chi connectivity index (χ4v) is 1.32. The molecule has 0 aliphatic carbocycles. The van der Waals surface area contributed by atoms with Crippen LogP contribution in [-0.2, 0) is 4.79 Å². The number of nitrogens with one attached hydrogen (secondary N) is 1. The number of carbonyl (C=O) groups excluding carboxylic acids is 1. The van der Waals surface area contributed by atoms with Crippen LogP contribution in [0.3, 0.4) is 0 Å². The van der Waals surface area contributed by atoms with E-state index in [4.69, 9.17) is 5.73 Å². The summed E-state index contributed by atoms with van der Waals surface area (Å²) >= 11 is 3.25. The molecule has 88 valence electrons. The highest BCUT2D eigenvalue weighted by Crippen LogP contribution is 2.23. The van der Waals surface area contributed by atoms with E-state index < -0.39 is 0 Å². The molecule has 0 aliphatic rings. The van der Waals surface area contributed by atoms with E-state index in [0.717, 1.165) is 0 Å². The summed E-state index contributed by atoms with van der Waals surface area (Å²) in [6, 6.07) is 0. The minimum Gasteiger partial charge on any atom is -0.383 e. The van der Waals surface area contributed by atoms with Crippen LogP contribution in [0.1, 0.15) is 6.92 Å². The molecular weight excluding hydrogens is 274 g/mol. The second-order valence-corrected chi connectivity index (χ2v) is 3.98. The maximum atomic E-state index is 11.5. The summed E-state index contributed by atoms with van der Waals surface area (Å²) < 4.78 is 0.571. The molecule has 0 radical (unpaired) electrons. The highest BCUT2D eigenvalue weighted by molar-refractivity contribution is 9.10. The molecule has 0 aliphatic heterocycles. The summed E-state index contributed by atoms with van der Waals surface area (Å²) in [5, 5.41) is 2.90. The topological polar surface area (TPSA) is 84.1 Å². The SMILES string of the molecule is CCN(C)C(=O)CNc1ncnc(N)c1Br. The van der Waals surface area contributed by atoms with Crippen LogP contribution in [0.15, 0.2) is 10.8 Å². The number of carbonyl (C=O) groups is 1. The van der Waals surface area contributed by atoms with E-state index >= 15 is 0 Å². The second-order valence-electron chi connectivity index (χ2n) is 3.18. The molecule has 3 N–H and O–H groups in total. The van der Waals surface area contributed by atoms with Gasteiger partial charge >= 0.3 is 0 Å². The van der Waals surface area contributed by atoms with Crippen molar-refractivity contribution in [2.75, 3.05) is 31.2 Å². The summed E-state index contributed by atoms with van der Waals surface area (Å²) in [7, 11) is 1.74. The van der Waals surface area contributed by atoms with Crippen molar-refractivity contribution in [2.24, 2.45) is 0 Å². The number of rotatable bonds is 4. The molecular formula is C9H14BrN5O. The zero-order valence-corrected chi connectivity index (χ0v) is 10.8. The van der Waals surface area contributed by atoms with Crippen molar-refractivity contribution in [3.05, 3.63) is 10.8 Å². The van der Waals surface area contributed by atoms with E-state index in [1.807, 2.05) is 6.92 Å². The molecule has 0 aromatic carbocycles. The Kier molecular flexibility index (Phi) is 4.48. The molecule has 0 saturated carbocycles. The number of likely N-dealkylation sites (N-methyl/N-ethyl adjacent to an activating group) is 1. The maximum Gasteiger partial charge on any atom is 0.241 e. The Morgan fingerprint density at radius 3 is 2.94 bits per heavy atom. The highest BCUT2D eigenvalue weighted by Gasteiger charge is 2.09. The normalized spacial score (nSPS) is 9.94. The van der Waals surface area contributed by atoms with Gasteiger partial charge in [-0.1, -0.05) is 0 Å². The van der Waals surface area contributed by atoms with Crippen LogP contribution in [-0.4, -0.2) is 40.9 Å². The van der Waals surface area contributed by atoms with Gasteiger partial charge in [-0.2, -0.15) is 0 Å². The maximum absolute atomic E-state index is 11.5. The van der Waals surface area contributed by atoms with E-state index in [-0.39, 0.29) is 12.5 Å². The predicted octanol–water partition coefficient (Wildman–Crippen LogP) is 0.712. The molecule has 16 heavy (non-hydrogen) atoms. The molecule has 1 heterocycles. The molecule has 0 fully saturated rings. The van der Waals surface area contributed by atoms with E-state index in [1.165, 1.54) is 6.33 Å². The lowest BCUT2D eigenvalue weighted by Crippen LogP contribution is -2.32. The van der Waals surface area contributed by atoms with Crippen LogP contribution < -0.4 is 11.1 Å². The van der Waals surface area contributed by atoms with Gasteiger partial charge in [0.2, 0.25) is 5.91 Å². The van der Waals surface area contributed by atoms with Crippen molar-refractivity contribution < 1.29 is 4.79 Å². The summed E-state index contributed by atoms with van der Waals surface area (Å²) in [4.78, 5) is 20.9. The Balaban J connectivity index is 2.61. The van der Waals surface area contributed by atoms with E-state index in [2.05, 4.69) is 31.2 Å². The molecule has 1 aromatic heterocycles. The summed E-state index contributed by atoms with van der Waals surface area (Å²) in [6.07, 6.45) is 1.34. The first-order chi connectivity index (χ1) is 7.56. The fraction of sp³-hybridized carbons (Fsp3) is 0.444. The van der Waals surface area contributed by atoms with Crippen molar-refractivity contribution in [3.8, 4) is 0 Å². The Labute approximate surface area is 102 Å². The average Bonchev–Trinajstić information content (AvgIpc) is 2.29. The van der Waals surface area contributed by atoms with Crippen LogP contribution in [0, 0.1) is 0 Å². The molecule has 0 saturated heterocycles. The number of amides is 1. The molecule has 0 spiro atoms. The van der Waals surface area contributed by atoms with Gasteiger partial charge in [0.05, 0.1) is 6.54 Å². The number of anilines is 2. The second kappa shape index (κ2) is 5.64.